The Labute approximate surface area is 82.4 Å². The predicted molar refractivity (Wildman–Crippen MR) is 60.2 cm³/mol. The summed E-state index contributed by atoms with van der Waals surface area (Å²) in [5.74, 6) is 0.347. The van der Waals surface area contributed by atoms with E-state index in [1.54, 1.807) is 12.1 Å². The first-order chi connectivity index (χ1) is 5.83. The van der Waals surface area contributed by atoms with Gasteiger partial charge in [0.25, 0.3) is 0 Å². The van der Waals surface area contributed by atoms with Crippen LogP contribution in [0.25, 0.3) is 0 Å². The van der Waals surface area contributed by atoms with Crippen LogP contribution < -0.4 is 0 Å². The Hall–Kier alpha value is -0.980. The Kier molecular flexibility index (Phi) is 10.2. The number of phenols is 1. The van der Waals surface area contributed by atoms with Gasteiger partial charge in [-0.05, 0) is 24.1 Å². The van der Waals surface area contributed by atoms with Crippen molar-refractivity contribution >= 4 is 0 Å². The van der Waals surface area contributed by atoms with E-state index in [1.165, 1.54) is 5.56 Å². The summed E-state index contributed by atoms with van der Waals surface area (Å²) in [5, 5.41) is 8.92. The maximum Gasteiger partial charge on any atom is 0.115 e. The predicted octanol–water partition coefficient (Wildman–Crippen LogP) is 4.01. The van der Waals surface area contributed by atoms with Gasteiger partial charge in [-0.3, -0.25) is 0 Å². The minimum atomic E-state index is 0. The fraction of sp³-hybridized carbons (Fsp3) is 0.500. The van der Waals surface area contributed by atoms with Crippen LogP contribution in [-0.2, 0) is 6.42 Å². The molecule has 1 N–H and O–H groups in total. The van der Waals surface area contributed by atoms with E-state index in [2.05, 4.69) is 6.92 Å². The number of aromatic hydroxyl groups is 1. The fourth-order valence-electron chi connectivity index (χ4n) is 0.951. The third-order valence-corrected chi connectivity index (χ3v) is 1.48. The van der Waals surface area contributed by atoms with Crippen molar-refractivity contribution in [2.75, 3.05) is 0 Å². The minimum Gasteiger partial charge on any atom is -0.508 e. The molecule has 0 bridgehead atoms. The van der Waals surface area contributed by atoms with Crippen LogP contribution in [0.4, 0.5) is 0 Å². The summed E-state index contributed by atoms with van der Waals surface area (Å²) in [5.41, 5.74) is 1.29. The van der Waals surface area contributed by atoms with Crippen molar-refractivity contribution in [3.05, 3.63) is 29.8 Å². The lowest BCUT2D eigenvalue weighted by molar-refractivity contribution is 0.475. The molecule has 0 spiro atoms. The van der Waals surface area contributed by atoms with Crippen molar-refractivity contribution in [1.82, 2.24) is 0 Å². The van der Waals surface area contributed by atoms with Crippen LogP contribution in [0.1, 0.15) is 40.2 Å². The maximum absolute atomic E-state index is 8.92. The summed E-state index contributed by atoms with van der Waals surface area (Å²) < 4.78 is 0. The third kappa shape index (κ3) is 6.21. The van der Waals surface area contributed by atoms with Crippen molar-refractivity contribution in [1.29, 1.82) is 0 Å². The normalized spacial score (nSPS) is 7.92. The van der Waals surface area contributed by atoms with Gasteiger partial charge < -0.3 is 5.11 Å². The van der Waals surface area contributed by atoms with Crippen molar-refractivity contribution < 1.29 is 5.11 Å². The molecule has 0 aliphatic heterocycles. The van der Waals surface area contributed by atoms with E-state index in [4.69, 9.17) is 5.11 Å². The van der Waals surface area contributed by atoms with Crippen molar-refractivity contribution in [3.63, 3.8) is 0 Å². The smallest absolute Gasteiger partial charge is 0.115 e. The van der Waals surface area contributed by atoms with Gasteiger partial charge >= 0.3 is 0 Å². The molecule has 0 fully saturated rings. The molecule has 1 heteroatoms. The Morgan fingerprint density at radius 3 is 1.92 bits per heavy atom. The summed E-state index contributed by atoms with van der Waals surface area (Å²) in [4.78, 5) is 0. The Bertz CT molecular complexity index is 189. The quantitative estimate of drug-likeness (QED) is 0.732. The second-order valence-electron chi connectivity index (χ2n) is 2.42. The fourth-order valence-corrected chi connectivity index (χ4v) is 0.951. The molecule has 0 aromatic heterocycles. The molecule has 0 heterocycles. The highest BCUT2D eigenvalue weighted by molar-refractivity contribution is 5.25. The van der Waals surface area contributed by atoms with E-state index in [0.29, 0.717) is 5.75 Å². The van der Waals surface area contributed by atoms with E-state index in [9.17, 15) is 0 Å². The van der Waals surface area contributed by atoms with E-state index < -0.39 is 0 Å². The molecule has 0 amide bonds. The van der Waals surface area contributed by atoms with Crippen LogP contribution in [0.5, 0.6) is 5.75 Å². The van der Waals surface area contributed by atoms with Gasteiger partial charge in [0.1, 0.15) is 5.75 Å². The summed E-state index contributed by atoms with van der Waals surface area (Å²) >= 11 is 0. The molecule has 0 radical (unpaired) electrons. The SMILES string of the molecule is C.CC.CCCc1ccc(O)cc1. The highest BCUT2D eigenvalue weighted by atomic mass is 16.3. The minimum absolute atomic E-state index is 0. The second kappa shape index (κ2) is 9.11. The summed E-state index contributed by atoms with van der Waals surface area (Å²) in [7, 11) is 0. The molecule has 0 unspecified atom stereocenters. The van der Waals surface area contributed by atoms with Crippen molar-refractivity contribution in [3.8, 4) is 5.75 Å². The lowest BCUT2D eigenvalue weighted by atomic mass is 10.1. The Morgan fingerprint density at radius 2 is 1.54 bits per heavy atom. The molecule has 0 aliphatic carbocycles. The van der Waals surface area contributed by atoms with E-state index in [1.807, 2.05) is 26.0 Å². The highest BCUT2D eigenvalue weighted by Gasteiger charge is 1.89. The standard InChI is InChI=1S/C9H12O.C2H6.CH4/c1-2-3-8-4-6-9(10)7-5-8;1-2;/h4-7,10H,2-3H2,1H3;1-2H3;1H4. The topological polar surface area (TPSA) is 20.2 Å². The zero-order valence-corrected chi connectivity index (χ0v) is 8.17. The van der Waals surface area contributed by atoms with Crippen LogP contribution in [0, 0.1) is 0 Å². The molecule has 76 valence electrons. The molecule has 0 atom stereocenters. The van der Waals surface area contributed by atoms with Crippen LogP contribution in [0.2, 0.25) is 0 Å². The molecular weight excluding hydrogens is 160 g/mol. The number of rotatable bonds is 2. The second-order valence-corrected chi connectivity index (χ2v) is 2.42. The first-order valence-corrected chi connectivity index (χ1v) is 4.61. The van der Waals surface area contributed by atoms with Crippen molar-refractivity contribution in [2.45, 2.75) is 41.0 Å². The van der Waals surface area contributed by atoms with Gasteiger partial charge in [0, 0.05) is 0 Å². The van der Waals surface area contributed by atoms with Gasteiger partial charge in [-0.2, -0.15) is 0 Å². The Morgan fingerprint density at radius 1 is 1.08 bits per heavy atom. The summed E-state index contributed by atoms with van der Waals surface area (Å²) in [6.45, 7) is 6.15. The summed E-state index contributed by atoms with van der Waals surface area (Å²) in [6, 6.07) is 7.37. The van der Waals surface area contributed by atoms with Crippen LogP contribution in [0.3, 0.4) is 0 Å². The number of phenolic OH excluding ortho intramolecular Hbond substituents is 1. The van der Waals surface area contributed by atoms with Gasteiger partial charge in [-0.25, -0.2) is 0 Å². The number of aryl methyl sites for hydroxylation is 1. The zero-order valence-electron chi connectivity index (χ0n) is 8.17. The van der Waals surface area contributed by atoms with Crippen molar-refractivity contribution in [2.24, 2.45) is 0 Å². The highest BCUT2D eigenvalue weighted by Crippen LogP contribution is 2.10. The van der Waals surface area contributed by atoms with Gasteiger partial charge in [-0.1, -0.05) is 46.8 Å². The molecule has 1 nitrogen and oxygen atoms in total. The third-order valence-electron chi connectivity index (χ3n) is 1.48. The average molecular weight is 182 g/mol. The molecular formula is C12H22O. The van der Waals surface area contributed by atoms with Crippen LogP contribution >= 0.6 is 0 Å². The Balaban J connectivity index is 0. The van der Waals surface area contributed by atoms with Crippen LogP contribution in [-0.4, -0.2) is 5.11 Å². The summed E-state index contributed by atoms with van der Waals surface area (Å²) in [6.07, 6.45) is 2.26. The number of benzene rings is 1. The maximum atomic E-state index is 8.92. The van der Waals surface area contributed by atoms with Gasteiger partial charge in [0.15, 0.2) is 0 Å². The van der Waals surface area contributed by atoms with Crippen LogP contribution in [0.15, 0.2) is 24.3 Å². The number of hydrogen-bond acceptors (Lipinski definition) is 1. The number of hydrogen-bond donors (Lipinski definition) is 1. The molecule has 0 aliphatic rings. The monoisotopic (exact) mass is 182 g/mol. The van der Waals surface area contributed by atoms with E-state index in [-0.39, 0.29) is 7.43 Å². The largest absolute Gasteiger partial charge is 0.508 e. The lowest BCUT2D eigenvalue weighted by Crippen LogP contribution is -1.79. The molecule has 1 rings (SSSR count). The molecule has 1 aromatic rings. The molecule has 0 saturated heterocycles. The molecule has 0 saturated carbocycles. The first-order valence-electron chi connectivity index (χ1n) is 4.61. The van der Waals surface area contributed by atoms with Gasteiger partial charge in [0.2, 0.25) is 0 Å². The van der Waals surface area contributed by atoms with Gasteiger partial charge in [0.05, 0.1) is 0 Å². The molecule has 1 aromatic carbocycles. The molecule has 13 heavy (non-hydrogen) atoms. The van der Waals surface area contributed by atoms with Gasteiger partial charge in [-0.15, -0.1) is 0 Å². The zero-order chi connectivity index (χ0) is 9.40. The first kappa shape index (κ1) is 14.5. The van der Waals surface area contributed by atoms with E-state index in [0.717, 1.165) is 12.8 Å². The van der Waals surface area contributed by atoms with E-state index >= 15 is 0 Å². The average Bonchev–Trinajstić information content (AvgIpc) is 2.13. The lowest BCUT2D eigenvalue weighted by Gasteiger charge is -1.96.